The Morgan fingerprint density at radius 2 is 1.24 bits per heavy atom. The van der Waals surface area contributed by atoms with Gasteiger partial charge in [0.15, 0.2) is 0 Å². The molecule has 0 atom stereocenters. The lowest BCUT2D eigenvalue weighted by atomic mass is 10.2. The maximum Gasteiger partial charge on any atom is 0.272 e. The summed E-state index contributed by atoms with van der Waals surface area (Å²) in [4.78, 5) is 29.7. The van der Waals surface area contributed by atoms with E-state index < -0.39 is 0 Å². The highest BCUT2D eigenvalue weighted by molar-refractivity contribution is 6.30. The van der Waals surface area contributed by atoms with Crippen molar-refractivity contribution in [3.8, 4) is 5.75 Å². The van der Waals surface area contributed by atoms with Gasteiger partial charge >= 0.3 is 0 Å². The Hall–Kier alpha value is -3.05. The van der Waals surface area contributed by atoms with Gasteiger partial charge in [-0.15, -0.1) is 0 Å². The first kappa shape index (κ1) is 16.8. The summed E-state index contributed by atoms with van der Waals surface area (Å²) in [5.74, 6) is 0.715. The summed E-state index contributed by atoms with van der Waals surface area (Å²) in [6.45, 7) is 0. The maximum atomic E-state index is 12.2. The second-order valence-electron chi connectivity index (χ2n) is 5.35. The average Bonchev–Trinajstić information content (AvgIpc) is 2.62. The van der Waals surface area contributed by atoms with Gasteiger partial charge in [-0.2, -0.15) is 0 Å². The van der Waals surface area contributed by atoms with Gasteiger partial charge in [0.2, 0.25) is 0 Å². The Balaban J connectivity index is 2.05. The molecule has 2 aromatic carbocycles. The number of nitrogens with one attached hydrogen (secondary N) is 2. The first-order valence-corrected chi connectivity index (χ1v) is 7.89. The quantitative estimate of drug-likeness (QED) is 0.746. The van der Waals surface area contributed by atoms with Crippen LogP contribution in [0.2, 0.25) is 5.02 Å². The SMILES string of the molecule is COc1ccc(/C=c2\[nH]c(=O)/c(=C/c3ccc(Cl)cc3)[nH]c2=O)cc1. The van der Waals surface area contributed by atoms with E-state index in [1.807, 2.05) is 0 Å². The lowest BCUT2D eigenvalue weighted by molar-refractivity contribution is 0.415. The zero-order valence-electron chi connectivity index (χ0n) is 13.4. The monoisotopic (exact) mass is 354 g/mol. The van der Waals surface area contributed by atoms with Crippen molar-refractivity contribution in [1.29, 1.82) is 0 Å². The van der Waals surface area contributed by atoms with Crippen molar-refractivity contribution in [2.24, 2.45) is 0 Å². The van der Waals surface area contributed by atoms with Crippen LogP contribution in [0.3, 0.4) is 0 Å². The lowest BCUT2D eigenvalue weighted by Gasteiger charge is -1.99. The van der Waals surface area contributed by atoms with Crippen molar-refractivity contribution < 1.29 is 4.74 Å². The normalized spacial score (nSPS) is 12.4. The van der Waals surface area contributed by atoms with E-state index in [4.69, 9.17) is 16.3 Å². The molecule has 1 aromatic heterocycles. The summed E-state index contributed by atoms with van der Waals surface area (Å²) >= 11 is 5.84. The molecule has 1 heterocycles. The van der Waals surface area contributed by atoms with Gasteiger partial charge in [-0.25, -0.2) is 0 Å². The minimum atomic E-state index is -0.380. The first-order valence-electron chi connectivity index (χ1n) is 7.51. The third kappa shape index (κ3) is 4.08. The molecule has 6 heteroatoms. The third-order valence-electron chi connectivity index (χ3n) is 3.59. The van der Waals surface area contributed by atoms with E-state index >= 15 is 0 Å². The van der Waals surface area contributed by atoms with E-state index in [1.165, 1.54) is 0 Å². The Morgan fingerprint density at radius 3 is 1.68 bits per heavy atom. The average molecular weight is 355 g/mol. The molecule has 0 fully saturated rings. The predicted octanol–water partition coefficient (Wildman–Crippen LogP) is 1.38. The number of benzene rings is 2. The third-order valence-corrected chi connectivity index (χ3v) is 3.85. The van der Waals surface area contributed by atoms with Crippen LogP contribution in [0.4, 0.5) is 0 Å². The van der Waals surface area contributed by atoms with Crippen LogP contribution in [0.15, 0.2) is 58.1 Å². The molecule has 0 saturated heterocycles. The molecule has 25 heavy (non-hydrogen) atoms. The molecule has 0 aliphatic carbocycles. The van der Waals surface area contributed by atoms with Gasteiger partial charge in [0.25, 0.3) is 11.1 Å². The molecule has 0 aliphatic heterocycles. The molecule has 126 valence electrons. The number of ether oxygens (including phenoxy) is 1. The van der Waals surface area contributed by atoms with E-state index in [-0.39, 0.29) is 21.8 Å². The Morgan fingerprint density at radius 1 is 0.800 bits per heavy atom. The van der Waals surface area contributed by atoms with Gasteiger partial charge < -0.3 is 14.7 Å². The molecule has 0 unspecified atom stereocenters. The molecular weight excluding hydrogens is 340 g/mol. The molecular formula is C19H15ClN2O3. The number of H-pyrrole nitrogens is 2. The highest BCUT2D eigenvalue weighted by atomic mass is 35.5. The van der Waals surface area contributed by atoms with Crippen LogP contribution in [-0.2, 0) is 0 Å². The van der Waals surface area contributed by atoms with E-state index in [0.717, 1.165) is 11.1 Å². The minimum absolute atomic E-state index is 0.180. The van der Waals surface area contributed by atoms with Crippen molar-refractivity contribution in [3.05, 3.63) is 96.1 Å². The Bertz CT molecular complexity index is 1110. The molecule has 0 amide bonds. The molecule has 0 aliphatic rings. The number of hydrogen-bond acceptors (Lipinski definition) is 3. The largest absolute Gasteiger partial charge is 0.497 e. The van der Waals surface area contributed by atoms with Crippen molar-refractivity contribution >= 4 is 23.8 Å². The van der Waals surface area contributed by atoms with Gasteiger partial charge in [0, 0.05) is 5.02 Å². The molecule has 3 aromatic rings. The van der Waals surface area contributed by atoms with Gasteiger partial charge in [0.05, 0.1) is 7.11 Å². The summed E-state index contributed by atoms with van der Waals surface area (Å²) < 4.78 is 5.09. The number of aromatic nitrogens is 2. The van der Waals surface area contributed by atoms with E-state index in [2.05, 4.69) is 9.97 Å². The summed E-state index contributed by atoms with van der Waals surface area (Å²) in [6, 6.07) is 14.1. The second-order valence-corrected chi connectivity index (χ2v) is 5.79. The van der Waals surface area contributed by atoms with Crippen LogP contribution < -0.4 is 26.6 Å². The van der Waals surface area contributed by atoms with Crippen LogP contribution in [0, 0.1) is 0 Å². The van der Waals surface area contributed by atoms with Gasteiger partial charge in [-0.05, 0) is 47.5 Å². The molecule has 0 bridgehead atoms. The lowest BCUT2D eigenvalue weighted by Crippen LogP contribution is -2.46. The van der Waals surface area contributed by atoms with E-state index in [9.17, 15) is 9.59 Å². The van der Waals surface area contributed by atoms with Gasteiger partial charge in [-0.1, -0.05) is 35.9 Å². The number of methoxy groups -OCH3 is 1. The fourth-order valence-corrected chi connectivity index (χ4v) is 2.41. The van der Waals surface area contributed by atoms with Crippen molar-refractivity contribution in [2.75, 3.05) is 7.11 Å². The fraction of sp³-hybridized carbons (Fsp3) is 0.0526. The second kappa shape index (κ2) is 7.23. The highest BCUT2D eigenvalue weighted by Gasteiger charge is 1.98. The van der Waals surface area contributed by atoms with Crippen molar-refractivity contribution in [2.45, 2.75) is 0 Å². The standard InChI is InChI=1S/C19H15ClN2O3/c1-25-15-8-4-13(5-9-15)11-17-19(24)21-16(18(23)22-17)10-12-2-6-14(20)7-3-12/h2-11H,1H3,(H,21,24)(H,22,23)/b16-10-,17-11-. The van der Waals surface area contributed by atoms with Crippen molar-refractivity contribution in [1.82, 2.24) is 9.97 Å². The smallest absolute Gasteiger partial charge is 0.272 e. The van der Waals surface area contributed by atoms with Crippen molar-refractivity contribution in [3.63, 3.8) is 0 Å². The zero-order valence-corrected chi connectivity index (χ0v) is 14.1. The predicted molar refractivity (Wildman–Crippen MR) is 98.5 cm³/mol. The van der Waals surface area contributed by atoms with E-state index in [0.29, 0.717) is 10.8 Å². The molecule has 3 rings (SSSR count). The maximum absolute atomic E-state index is 12.2. The Kier molecular flexibility index (Phi) is 4.86. The minimum Gasteiger partial charge on any atom is -0.497 e. The van der Waals surface area contributed by atoms with Crippen LogP contribution in [0.5, 0.6) is 5.75 Å². The summed E-state index contributed by atoms with van der Waals surface area (Å²) in [5, 5.41) is 0.964. The number of aromatic amines is 2. The van der Waals surface area contributed by atoms with Crippen LogP contribution >= 0.6 is 11.6 Å². The summed E-state index contributed by atoms with van der Waals surface area (Å²) in [6.07, 6.45) is 3.19. The summed E-state index contributed by atoms with van der Waals surface area (Å²) in [5.41, 5.74) is 0.777. The fourth-order valence-electron chi connectivity index (χ4n) is 2.29. The van der Waals surface area contributed by atoms with Crippen LogP contribution in [0.25, 0.3) is 12.2 Å². The molecule has 2 N–H and O–H groups in total. The summed E-state index contributed by atoms with van der Waals surface area (Å²) in [7, 11) is 1.58. The first-order chi connectivity index (χ1) is 12.0. The molecule has 0 saturated carbocycles. The highest BCUT2D eigenvalue weighted by Crippen LogP contribution is 2.11. The molecule has 5 nitrogen and oxygen atoms in total. The van der Waals surface area contributed by atoms with E-state index in [1.54, 1.807) is 67.8 Å². The van der Waals surface area contributed by atoms with Gasteiger partial charge in [0.1, 0.15) is 16.4 Å². The van der Waals surface area contributed by atoms with Crippen LogP contribution in [-0.4, -0.2) is 17.1 Å². The number of halogens is 1. The topological polar surface area (TPSA) is 75.0 Å². The van der Waals surface area contributed by atoms with Gasteiger partial charge in [-0.3, -0.25) is 9.59 Å². The number of rotatable bonds is 3. The van der Waals surface area contributed by atoms with Crippen LogP contribution in [0.1, 0.15) is 11.1 Å². The molecule has 0 radical (unpaired) electrons. The number of hydrogen-bond donors (Lipinski definition) is 2. The molecule has 0 spiro atoms. The zero-order chi connectivity index (χ0) is 17.8. The Labute approximate surface area is 147 Å².